The van der Waals surface area contributed by atoms with Crippen molar-refractivity contribution in [2.24, 2.45) is 10.7 Å². The van der Waals surface area contributed by atoms with Gasteiger partial charge in [-0.05, 0) is 32.0 Å². The second-order valence-electron chi connectivity index (χ2n) is 15.7. The van der Waals surface area contributed by atoms with Crippen molar-refractivity contribution in [3.05, 3.63) is 50.7 Å². The summed E-state index contributed by atoms with van der Waals surface area (Å²) in [6, 6.07) is 2.01. The number of halogens is 4. The molecule has 2 aromatic rings. The lowest BCUT2D eigenvalue weighted by atomic mass is 10.1. The summed E-state index contributed by atoms with van der Waals surface area (Å²) >= 11 is 1.58. The van der Waals surface area contributed by atoms with Gasteiger partial charge in [-0.3, -0.25) is 9.59 Å². The predicted molar refractivity (Wildman–Crippen MR) is 257 cm³/mol. The number of aliphatic imine (C=N–C) groups is 1. The first kappa shape index (κ1) is 61.6. The molecule has 0 spiro atoms. The highest BCUT2D eigenvalue weighted by Crippen LogP contribution is 2.35. The molecule has 0 saturated carbocycles. The van der Waals surface area contributed by atoms with E-state index < -0.39 is 41.4 Å². The molecule has 0 fully saturated rings. The van der Waals surface area contributed by atoms with Gasteiger partial charge in [0.1, 0.15) is 5.84 Å². The number of amidine groups is 1. The Hall–Kier alpha value is -3.69. The standard InChI is InChI=1S/C48H74F4N4O14S/c1-4-7-56(8-5-2)48(58)37-32-42-41(54-43(53)33-37)34-38(71-42)36-69-13-10-55(3)9-12-60-15-17-62-19-21-64-23-25-66-27-29-68-31-30-67-28-26-65-24-22-63-20-18-61-16-14-59-11-6-44(57)70-47-45(51)39(49)35-40(50)46(47)52/h32,34-35H,4-31,33,36H2,1-3H3,(H2,53,54). The lowest BCUT2D eigenvalue weighted by Gasteiger charge is -2.22. The molecule has 0 radical (unpaired) electrons. The van der Waals surface area contributed by atoms with E-state index in [9.17, 15) is 27.2 Å². The van der Waals surface area contributed by atoms with Crippen molar-refractivity contribution in [3.8, 4) is 5.75 Å². The largest absolute Gasteiger partial charge is 0.420 e. The van der Waals surface area contributed by atoms with Gasteiger partial charge in [0.25, 0.3) is 0 Å². The second kappa shape index (κ2) is 38.9. The van der Waals surface area contributed by atoms with Crippen molar-refractivity contribution in [1.82, 2.24) is 9.80 Å². The molecule has 2 N–H and O–H groups in total. The van der Waals surface area contributed by atoms with E-state index in [1.54, 1.807) is 11.3 Å². The van der Waals surface area contributed by atoms with Gasteiger partial charge in [0.15, 0.2) is 11.6 Å². The van der Waals surface area contributed by atoms with Crippen LogP contribution in [0.15, 0.2) is 22.7 Å². The maximum Gasteiger partial charge on any atom is 0.313 e. The number of nitrogens with two attached hydrogens (primary N) is 1. The summed E-state index contributed by atoms with van der Waals surface area (Å²) in [6.07, 6.45) is 3.71. The molecule has 0 bridgehead atoms. The Kier molecular flexibility index (Phi) is 33.7. The van der Waals surface area contributed by atoms with Crippen LogP contribution in [0.5, 0.6) is 5.75 Å². The van der Waals surface area contributed by atoms with Crippen molar-refractivity contribution < 1.29 is 84.0 Å². The van der Waals surface area contributed by atoms with Gasteiger partial charge in [0, 0.05) is 49.1 Å². The molecule has 18 nitrogen and oxygen atoms in total. The van der Waals surface area contributed by atoms with Crippen molar-refractivity contribution in [1.29, 1.82) is 0 Å². The predicted octanol–water partition coefficient (Wildman–Crippen LogP) is 5.34. The summed E-state index contributed by atoms with van der Waals surface area (Å²) in [7, 11) is 2.03. The molecule has 404 valence electrons. The van der Waals surface area contributed by atoms with Crippen LogP contribution in [0.3, 0.4) is 0 Å². The molecule has 23 heteroatoms. The number of thiophene rings is 1. The maximum atomic E-state index is 13.6. The van der Waals surface area contributed by atoms with Crippen LogP contribution in [-0.4, -0.2) is 199 Å². The molecular weight excluding hydrogens is 965 g/mol. The minimum atomic E-state index is -1.80. The average molecular weight is 1040 g/mol. The van der Waals surface area contributed by atoms with Crippen LogP contribution in [0.1, 0.15) is 49.3 Å². The maximum absolute atomic E-state index is 13.6. The summed E-state index contributed by atoms with van der Waals surface area (Å²) in [5.74, 6) is -9.03. The van der Waals surface area contributed by atoms with E-state index in [2.05, 4.69) is 28.5 Å². The Bertz CT molecular complexity index is 1820. The van der Waals surface area contributed by atoms with E-state index in [0.29, 0.717) is 143 Å². The van der Waals surface area contributed by atoms with Crippen molar-refractivity contribution >= 4 is 40.8 Å². The van der Waals surface area contributed by atoms with E-state index in [1.807, 2.05) is 24.1 Å². The third kappa shape index (κ3) is 27.3. The van der Waals surface area contributed by atoms with Crippen LogP contribution in [0.25, 0.3) is 6.08 Å². The Balaban J connectivity index is 0.988. The number of likely N-dealkylation sites (N-methyl/N-ethyl adjacent to an activating group) is 1. The number of rotatable bonds is 44. The van der Waals surface area contributed by atoms with Crippen LogP contribution in [-0.2, 0) is 68.3 Å². The monoisotopic (exact) mass is 1040 g/mol. The number of amides is 1. The summed E-state index contributed by atoms with van der Waals surface area (Å²) in [4.78, 5) is 35.6. The number of ether oxygens (including phenoxy) is 12. The topological polar surface area (TPSA) is 190 Å². The van der Waals surface area contributed by atoms with Crippen molar-refractivity contribution in [2.75, 3.05) is 172 Å². The average Bonchev–Trinajstić information content (AvgIpc) is 3.65. The number of fused-ring (bicyclic) bond motifs is 1. The molecule has 1 aliphatic rings. The highest BCUT2D eigenvalue weighted by atomic mass is 32.1. The van der Waals surface area contributed by atoms with Crippen LogP contribution < -0.4 is 10.5 Å². The van der Waals surface area contributed by atoms with Gasteiger partial charge in [0.05, 0.1) is 162 Å². The molecule has 1 amide bonds. The number of hydrogen-bond acceptors (Lipinski definition) is 18. The number of nitrogens with zero attached hydrogens (tertiary/aromatic N) is 3. The van der Waals surface area contributed by atoms with Gasteiger partial charge in [0.2, 0.25) is 23.3 Å². The van der Waals surface area contributed by atoms with E-state index >= 15 is 0 Å². The van der Waals surface area contributed by atoms with Crippen LogP contribution in [0, 0.1) is 23.3 Å². The Morgan fingerprint density at radius 3 is 1.44 bits per heavy atom. The Labute approximate surface area is 418 Å². The van der Waals surface area contributed by atoms with E-state index in [0.717, 1.165) is 54.5 Å². The Morgan fingerprint density at radius 1 is 0.592 bits per heavy atom. The molecular formula is C48H74F4N4O14S. The SMILES string of the molecule is CCCN(CCC)C(=O)C1=Cc2sc(COCCN(C)CCOCCOCCOCCOCCOCCOCCOCCOCCOCCOCCC(=O)Oc3c(F)c(F)cc(F)c3F)cc2N=C(N)C1. The molecule has 2 heterocycles. The second-order valence-corrected chi connectivity index (χ2v) is 16.9. The molecule has 0 saturated heterocycles. The number of benzene rings is 1. The van der Waals surface area contributed by atoms with Gasteiger partial charge in [-0.1, -0.05) is 13.8 Å². The summed E-state index contributed by atoms with van der Waals surface area (Å²) in [5, 5.41) is 0. The molecule has 1 aromatic carbocycles. The highest BCUT2D eigenvalue weighted by Gasteiger charge is 2.24. The Morgan fingerprint density at radius 2 is 1.00 bits per heavy atom. The normalized spacial score (nSPS) is 12.6. The van der Waals surface area contributed by atoms with Gasteiger partial charge in [-0.2, -0.15) is 8.78 Å². The van der Waals surface area contributed by atoms with Gasteiger partial charge in [-0.25, -0.2) is 13.8 Å². The van der Waals surface area contributed by atoms with E-state index in [-0.39, 0.29) is 31.8 Å². The minimum absolute atomic E-state index is 0.0180. The molecule has 3 rings (SSSR count). The zero-order valence-corrected chi connectivity index (χ0v) is 42.3. The summed E-state index contributed by atoms with van der Waals surface area (Å²) in [5.41, 5.74) is 7.67. The third-order valence-electron chi connectivity index (χ3n) is 9.85. The van der Waals surface area contributed by atoms with Crippen LogP contribution in [0.2, 0.25) is 0 Å². The minimum Gasteiger partial charge on any atom is -0.420 e. The highest BCUT2D eigenvalue weighted by molar-refractivity contribution is 7.13. The van der Waals surface area contributed by atoms with Crippen molar-refractivity contribution in [3.63, 3.8) is 0 Å². The van der Waals surface area contributed by atoms with Gasteiger partial charge < -0.3 is 72.4 Å². The molecule has 1 aromatic heterocycles. The number of carbonyl (C=O) groups is 2. The number of carbonyl (C=O) groups excluding carboxylic acids is 2. The fraction of sp³-hybridized carbons (Fsp3) is 0.688. The first-order valence-electron chi connectivity index (χ1n) is 24.1. The van der Waals surface area contributed by atoms with Gasteiger partial charge >= 0.3 is 5.97 Å². The summed E-state index contributed by atoms with van der Waals surface area (Å²) in [6.45, 7) is 15.7. The molecule has 0 atom stereocenters. The van der Waals surface area contributed by atoms with Gasteiger partial charge in [-0.15, -0.1) is 11.3 Å². The van der Waals surface area contributed by atoms with E-state index in [1.165, 1.54) is 0 Å². The zero-order valence-electron chi connectivity index (χ0n) is 41.5. The fourth-order valence-electron chi connectivity index (χ4n) is 6.27. The first-order chi connectivity index (χ1) is 34.5. The molecule has 0 aliphatic carbocycles. The quantitative estimate of drug-likeness (QED) is 0.0294. The van der Waals surface area contributed by atoms with E-state index in [4.69, 9.17) is 57.8 Å². The molecule has 71 heavy (non-hydrogen) atoms. The number of hydrogen-bond donors (Lipinski definition) is 1. The molecule has 0 unspecified atom stereocenters. The fourth-order valence-corrected chi connectivity index (χ4v) is 7.28. The first-order valence-corrected chi connectivity index (χ1v) is 24.9. The molecule has 1 aliphatic heterocycles. The zero-order chi connectivity index (χ0) is 51.3. The van der Waals surface area contributed by atoms with Crippen LogP contribution in [0.4, 0.5) is 23.2 Å². The number of esters is 1. The smallest absolute Gasteiger partial charge is 0.313 e. The lowest BCUT2D eigenvalue weighted by Crippen LogP contribution is -2.34. The lowest BCUT2D eigenvalue weighted by molar-refractivity contribution is -0.136. The van der Waals surface area contributed by atoms with Crippen molar-refractivity contribution in [2.45, 2.75) is 46.1 Å². The third-order valence-corrected chi connectivity index (χ3v) is 10.9. The summed E-state index contributed by atoms with van der Waals surface area (Å²) < 4.78 is 119. The van der Waals surface area contributed by atoms with Crippen LogP contribution >= 0.6 is 11.3 Å².